The molecule has 2 heterocycles. The Bertz CT molecular complexity index is 852. The highest BCUT2D eigenvalue weighted by molar-refractivity contribution is 7.17. The summed E-state index contributed by atoms with van der Waals surface area (Å²) in [4.78, 5) is 7.49. The number of imidazole rings is 1. The van der Waals surface area contributed by atoms with Gasteiger partial charge in [0.05, 0.1) is 5.69 Å². The summed E-state index contributed by atoms with van der Waals surface area (Å²) in [5.41, 5.74) is 4.02. The van der Waals surface area contributed by atoms with E-state index in [2.05, 4.69) is 31.4 Å². The molecule has 3 aromatic rings. The van der Waals surface area contributed by atoms with Crippen molar-refractivity contribution >= 4 is 27.9 Å². The molecule has 0 aliphatic heterocycles. The summed E-state index contributed by atoms with van der Waals surface area (Å²) in [7, 11) is 0. The van der Waals surface area contributed by atoms with Crippen LogP contribution < -0.4 is 0 Å². The summed E-state index contributed by atoms with van der Waals surface area (Å²) in [5.74, 6) is 0.772. The van der Waals surface area contributed by atoms with Gasteiger partial charge < -0.3 is 0 Å². The molecule has 0 fully saturated rings. The topological polar surface area (TPSA) is 17.3 Å². The van der Waals surface area contributed by atoms with Crippen LogP contribution in [0.15, 0.2) is 30.5 Å². The Kier molecular flexibility index (Phi) is 3.54. The Balaban J connectivity index is 1.71. The third-order valence-electron chi connectivity index (χ3n) is 5.03. The Hall–Kier alpha value is -1.32. The second-order valence-corrected chi connectivity index (χ2v) is 9.06. The smallest absolute Gasteiger partial charge is 0.194 e. The van der Waals surface area contributed by atoms with E-state index in [0.717, 1.165) is 33.6 Å². The lowest BCUT2D eigenvalue weighted by Crippen LogP contribution is -2.26. The van der Waals surface area contributed by atoms with Crippen molar-refractivity contribution in [1.29, 1.82) is 0 Å². The summed E-state index contributed by atoms with van der Waals surface area (Å²) >= 11 is 7.84. The van der Waals surface area contributed by atoms with E-state index in [0.29, 0.717) is 5.41 Å². The van der Waals surface area contributed by atoms with Crippen molar-refractivity contribution in [3.8, 4) is 11.3 Å². The molecule has 120 valence electrons. The molecule has 0 radical (unpaired) electrons. The average Bonchev–Trinajstić information content (AvgIpc) is 3.04. The number of halogens is 1. The maximum atomic E-state index is 5.98. The van der Waals surface area contributed by atoms with Crippen LogP contribution in [-0.2, 0) is 12.8 Å². The molecule has 1 aromatic carbocycles. The van der Waals surface area contributed by atoms with Crippen molar-refractivity contribution in [3.05, 3.63) is 46.1 Å². The lowest BCUT2D eigenvalue weighted by molar-refractivity contribution is 0.216. The maximum Gasteiger partial charge on any atom is 0.194 e. The molecular formula is C19H21ClN2S. The zero-order chi connectivity index (χ0) is 16.2. The summed E-state index contributed by atoms with van der Waals surface area (Å²) in [6, 6.07) is 7.93. The van der Waals surface area contributed by atoms with Gasteiger partial charge in [-0.3, -0.25) is 4.40 Å². The minimum Gasteiger partial charge on any atom is -0.294 e. The fourth-order valence-electron chi connectivity index (χ4n) is 3.49. The van der Waals surface area contributed by atoms with Crippen LogP contribution >= 0.6 is 22.9 Å². The van der Waals surface area contributed by atoms with Gasteiger partial charge in [-0.1, -0.05) is 44.5 Å². The van der Waals surface area contributed by atoms with Crippen LogP contribution in [0.5, 0.6) is 0 Å². The van der Waals surface area contributed by atoms with E-state index < -0.39 is 0 Å². The first kappa shape index (κ1) is 15.2. The van der Waals surface area contributed by atoms with Gasteiger partial charge in [-0.05, 0) is 42.7 Å². The van der Waals surface area contributed by atoms with Gasteiger partial charge in [-0.15, -0.1) is 11.3 Å². The zero-order valence-corrected chi connectivity index (χ0v) is 15.3. The number of aryl methyl sites for hydroxylation is 1. The fraction of sp³-hybridized carbons (Fsp3) is 0.421. The van der Waals surface area contributed by atoms with Crippen LogP contribution in [0, 0.1) is 11.3 Å². The number of nitrogens with zero attached hydrogens (tertiary/aromatic N) is 2. The van der Waals surface area contributed by atoms with Crippen LogP contribution in [0.4, 0.5) is 0 Å². The maximum absolute atomic E-state index is 5.98. The summed E-state index contributed by atoms with van der Waals surface area (Å²) in [6.45, 7) is 7.08. The predicted molar refractivity (Wildman–Crippen MR) is 98.5 cm³/mol. The third-order valence-corrected chi connectivity index (χ3v) is 6.40. The molecule has 0 N–H and O–H groups in total. The number of aromatic nitrogens is 2. The molecule has 0 saturated carbocycles. The minimum atomic E-state index is 0.387. The van der Waals surface area contributed by atoms with Crippen molar-refractivity contribution in [3.63, 3.8) is 0 Å². The van der Waals surface area contributed by atoms with Gasteiger partial charge >= 0.3 is 0 Å². The molecule has 4 heteroatoms. The van der Waals surface area contributed by atoms with Gasteiger partial charge in [0, 0.05) is 27.4 Å². The van der Waals surface area contributed by atoms with E-state index in [1.54, 1.807) is 0 Å². The minimum absolute atomic E-state index is 0.387. The Morgan fingerprint density at radius 2 is 1.96 bits per heavy atom. The molecule has 0 amide bonds. The quantitative estimate of drug-likeness (QED) is 0.539. The summed E-state index contributed by atoms with van der Waals surface area (Å²) in [6.07, 6.45) is 5.82. The van der Waals surface area contributed by atoms with Crippen molar-refractivity contribution in [2.24, 2.45) is 11.3 Å². The lowest BCUT2D eigenvalue weighted by atomic mass is 9.73. The second kappa shape index (κ2) is 5.35. The predicted octanol–water partition coefficient (Wildman–Crippen LogP) is 5.87. The molecule has 4 rings (SSSR count). The molecule has 1 aliphatic rings. The molecule has 1 aliphatic carbocycles. The number of hydrogen-bond acceptors (Lipinski definition) is 2. The largest absolute Gasteiger partial charge is 0.294 e. The number of benzene rings is 1. The van der Waals surface area contributed by atoms with E-state index in [-0.39, 0.29) is 0 Å². The van der Waals surface area contributed by atoms with Crippen molar-refractivity contribution in [2.45, 2.75) is 40.0 Å². The van der Waals surface area contributed by atoms with Crippen molar-refractivity contribution in [2.75, 3.05) is 0 Å². The SMILES string of the molecule is CC(C)(C)[C@H]1CCc2c(sc3nc(-c4ccc(Cl)cc4)cn23)C1. The molecule has 2 nitrogen and oxygen atoms in total. The molecule has 0 saturated heterocycles. The summed E-state index contributed by atoms with van der Waals surface area (Å²) < 4.78 is 2.31. The third kappa shape index (κ3) is 2.70. The van der Waals surface area contributed by atoms with Crippen LogP contribution in [0.25, 0.3) is 16.2 Å². The van der Waals surface area contributed by atoms with E-state index in [1.165, 1.54) is 23.4 Å². The Morgan fingerprint density at radius 1 is 1.22 bits per heavy atom. The van der Waals surface area contributed by atoms with Crippen molar-refractivity contribution in [1.82, 2.24) is 9.38 Å². The van der Waals surface area contributed by atoms with Crippen LogP contribution in [0.2, 0.25) is 5.02 Å². The molecular weight excluding hydrogens is 324 g/mol. The second-order valence-electron chi connectivity index (χ2n) is 7.56. The van der Waals surface area contributed by atoms with E-state index in [1.807, 2.05) is 35.6 Å². The average molecular weight is 345 g/mol. The molecule has 2 aromatic heterocycles. The fourth-order valence-corrected chi connectivity index (χ4v) is 4.84. The first-order chi connectivity index (χ1) is 10.9. The van der Waals surface area contributed by atoms with Crippen LogP contribution in [-0.4, -0.2) is 9.38 Å². The van der Waals surface area contributed by atoms with Gasteiger partial charge in [0.15, 0.2) is 4.96 Å². The molecule has 0 spiro atoms. The van der Waals surface area contributed by atoms with E-state index >= 15 is 0 Å². The van der Waals surface area contributed by atoms with Gasteiger partial charge in [-0.25, -0.2) is 4.98 Å². The Morgan fingerprint density at radius 3 is 2.65 bits per heavy atom. The van der Waals surface area contributed by atoms with E-state index in [9.17, 15) is 0 Å². The van der Waals surface area contributed by atoms with Gasteiger partial charge in [0.25, 0.3) is 0 Å². The first-order valence-corrected chi connectivity index (χ1v) is 9.37. The van der Waals surface area contributed by atoms with Crippen LogP contribution in [0.3, 0.4) is 0 Å². The number of rotatable bonds is 1. The summed E-state index contributed by atoms with van der Waals surface area (Å²) in [5, 5.41) is 0.764. The van der Waals surface area contributed by atoms with Crippen molar-refractivity contribution < 1.29 is 0 Å². The molecule has 1 atom stereocenters. The number of thiazole rings is 1. The molecule has 0 bridgehead atoms. The monoisotopic (exact) mass is 344 g/mol. The van der Waals surface area contributed by atoms with E-state index in [4.69, 9.17) is 16.6 Å². The van der Waals surface area contributed by atoms with Gasteiger partial charge in [0.1, 0.15) is 0 Å². The Labute approximate surface area is 146 Å². The normalized spacial score (nSPS) is 18.3. The molecule has 23 heavy (non-hydrogen) atoms. The number of fused-ring (bicyclic) bond motifs is 3. The molecule has 0 unspecified atom stereocenters. The van der Waals surface area contributed by atoms with Crippen LogP contribution in [0.1, 0.15) is 37.8 Å². The lowest BCUT2D eigenvalue weighted by Gasteiger charge is -2.33. The highest BCUT2D eigenvalue weighted by Gasteiger charge is 2.31. The number of hydrogen-bond donors (Lipinski definition) is 0. The standard InChI is InChI=1S/C19H21ClN2S/c1-19(2,3)13-6-9-16-17(10-13)23-18-21-15(11-22(16)18)12-4-7-14(20)8-5-12/h4-5,7-8,11,13H,6,9-10H2,1-3H3/t13-/m0/s1. The highest BCUT2D eigenvalue weighted by Crippen LogP contribution is 2.40. The first-order valence-electron chi connectivity index (χ1n) is 8.17. The van der Waals surface area contributed by atoms with Gasteiger partial charge in [-0.2, -0.15) is 0 Å². The zero-order valence-electron chi connectivity index (χ0n) is 13.8. The van der Waals surface area contributed by atoms with Gasteiger partial charge in [0.2, 0.25) is 0 Å². The highest BCUT2D eigenvalue weighted by atomic mass is 35.5.